The molecule has 0 fully saturated rings. The topological polar surface area (TPSA) is 12.0 Å². The van der Waals surface area contributed by atoms with E-state index in [2.05, 4.69) is 73.2 Å². The number of fused-ring (bicyclic) bond motifs is 1. The molecule has 1 nitrogen and oxygen atoms in total. The zero-order valence-electron chi connectivity index (χ0n) is 12.6. The van der Waals surface area contributed by atoms with E-state index in [0.29, 0.717) is 6.04 Å². The summed E-state index contributed by atoms with van der Waals surface area (Å²) in [6.45, 7) is 2.20. The number of hydrogen-bond acceptors (Lipinski definition) is 2. The van der Waals surface area contributed by atoms with Crippen LogP contribution >= 0.6 is 11.3 Å². The summed E-state index contributed by atoms with van der Waals surface area (Å²) in [5.74, 6) is 0. The molecule has 1 N–H and O–H groups in total. The minimum absolute atomic E-state index is 0.409. The van der Waals surface area contributed by atoms with E-state index in [1.165, 1.54) is 26.8 Å². The zero-order valence-corrected chi connectivity index (χ0v) is 13.4. The summed E-state index contributed by atoms with van der Waals surface area (Å²) in [4.78, 5) is 0. The molecule has 0 saturated heterocycles. The van der Waals surface area contributed by atoms with Crippen LogP contribution in [0.2, 0.25) is 0 Å². The van der Waals surface area contributed by atoms with Gasteiger partial charge in [0.25, 0.3) is 0 Å². The van der Waals surface area contributed by atoms with Gasteiger partial charge in [0.1, 0.15) is 0 Å². The second-order valence-corrected chi connectivity index (χ2v) is 6.41. The van der Waals surface area contributed by atoms with Crippen molar-refractivity contribution in [2.45, 2.75) is 25.8 Å². The van der Waals surface area contributed by atoms with Gasteiger partial charge in [-0.05, 0) is 60.3 Å². The Balaban J connectivity index is 1.82. The third kappa shape index (κ3) is 3.02. The maximum Gasteiger partial charge on any atom is 0.0390 e. The Bertz CT molecular complexity index is 729. The molecule has 0 aliphatic rings. The van der Waals surface area contributed by atoms with Gasteiger partial charge in [-0.15, -0.1) is 11.3 Å². The number of aryl methyl sites for hydroxylation is 2. The molecule has 21 heavy (non-hydrogen) atoms. The van der Waals surface area contributed by atoms with E-state index in [-0.39, 0.29) is 0 Å². The van der Waals surface area contributed by atoms with E-state index in [1.54, 1.807) is 0 Å². The minimum atomic E-state index is 0.409. The molecular weight excluding hydrogens is 274 g/mol. The van der Waals surface area contributed by atoms with Crippen molar-refractivity contribution in [1.82, 2.24) is 5.32 Å². The molecule has 0 aliphatic heterocycles. The molecule has 1 aromatic heterocycles. The molecular formula is C19H21NS. The van der Waals surface area contributed by atoms with Gasteiger partial charge in [0.2, 0.25) is 0 Å². The van der Waals surface area contributed by atoms with Gasteiger partial charge in [-0.1, -0.05) is 42.5 Å². The Labute approximate surface area is 130 Å². The highest BCUT2D eigenvalue weighted by Crippen LogP contribution is 2.31. The maximum atomic E-state index is 3.50. The van der Waals surface area contributed by atoms with Gasteiger partial charge in [-0.3, -0.25) is 0 Å². The summed E-state index contributed by atoms with van der Waals surface area (Å²) >= 11 is 1.84. The summed E-state index contributed by atoms with van der Waals surface area (Å²) in [7, 11) is 2.06. The third-order valence-electron chi connectivity index (χ3n) is 4.20. The number of hydrogen-bond donors (Lipinski definition) is 1. The van der Waals surface area contributed by atoms with Crippen molar-refractivity contribution < 1.29 is 0 Å². The third-order valence-corrected chi connectivity index (χ3v) is 5.18. The van der Waals surface area contributed by atoms with Gasteiger partial charge in [0.05, 0.1) is 0 Å². The number of thiophene rings is 1. The number of benzene rings is 2. The van der Waals surface area contributed by atoms with Crippen LogP contribution in [-0.4, -0.2) is 7.05 Å². The molecule has 1 atom stereocenters. The highest BCUT2D eigenvalue weighted by molar-refractivity contribution is 7.17. The van der Waals surface area contributed by atoms with Gasteiger partial charge in [0.15, 0.2) is 0 Å². The summed E-state index contributed by atoms with van der Waals surface area (Å²) in [5.41, 5.74) is 4.27. The van der Waals surface area contributed by atoms with E-state index < -0.39 is 0 Å². The molecule has 0 aliphatic carbocycles. The summed E-state index contributed by atoms with van der Waals surface area (Å²) in [6.07, 6.45) is 2.23. The molecule has 0 amide bonds. The molecule has 0 bridgehead atoms. The monoisotopic (exact) mass is 295 g/mol. The second kappa shape index (κ2) is 6.42. The Morgan fingerprint density at radius 3 is 2.71 bits per heavy atom. The normalized spacial score (nSPS) is 12.7. The van der Waals surface area contributed by atoms with Crippen molar-refractivity contribution in [1.29, 1.82) is 0 Å². The first kappa shape index (κ1) is 14.3. The van der Waals surface area contributed by atoms with Crippen LogP contribution < -0.4 is 5.32 Å². The van der Waals surface area contributed by atoms with Crippen LogP contribution in [-0.2, 0) is 6.42 Å². The summed E-state index contributed by atoms with van der Waals surface area (Å²) in [5, 5.41) is 7.03. The van der Waals surface area contributed by atoms with Gasteiger partial charge in [0, 0.05) is 10.7 Å². The lowest BCUT2D eigenvalue weighted by Crippen LogP contribution is -2.17. The first-order valence-corrected chi connectivity index (χ1v) is 8.35. The lowest BCUT2D eigenvalue weighted by atomic mass is 9.96. The quantitative estimate of drug-likeness (QED) is 0.690. The zero-order chi connectivity index (χ0) is 14.7. The average molecular weight is 295 g/mol. The molecule has 0 radical (unpaired) electrons. The minimum Gasteiger partial charge on any atom is -0.313 e. The Morgan fingerprint density at radius 2 is 1.90 bits per heavy atom. The van der Waals surface area contributed by atoms with E-state index in [4.69, 9.17) is 0 Å². The SMILES string of the molecule is CNC(CCc1ccccc1C)c1cccc2ccsc12. The fourth-order valence-electron chi connectivity index (χ4n) is 2.94. The van der Waals surface area contributed by atoms with Gasteiger partial charge in [-0.25, -0.2) is 0 Å². The van der Waals surface area contributed by atoms with Crippen LogP contribution in [0.4, 0.5) is 0 Å². The first-order chi connectivity index (χ1) is 10.3. The Hall–Kier alpha value is -1.64. The molecule has 0 spiro atoms. The highest BCUT2D eigenvalue weighted by Gasteiger charge is 2.13. The fraction of sp³-hybridized carbons (Fsp3) is 0.263. The molecule has 2 heteroatoms. The average Bonchev–Trinajstić information content (AvgIpc) is 2.98. The van der Waals surface area contributed by atoms with Crippen molar-refractivity contribution in [3.8, 4) is 0 Å². The lowest BCUT2D eigenvalue weighted by molar-refractivity contribution is 0.552. The van der Waals surface area contributed by atoms with Crippen LogP contribution in [0.15, 0.2) is 53.9 Å². The summed E-state index contributed by atoms with van der Waals surface area (Å²) in [6, 6.07) is 17.9. The van der Waals surface area contributed by atoms with Crippen molar-refractivity contribution in [2.75, 3.05) is 7.05 Å². The van der Waals surface area contributed by atoms with Crippen LogP contribution in [0.3, 0.4) is 0 Å². The van der Waals surface area contributed by atoms with Crippen LogP contribution in [0.25, 0.3) is 10.1 Å². The lowest BCUT2D eigenvalue weighted by Gasteiger charge is -2.18. The Morgan fingerprint density at radius 1 is 1.05 bits per heavy atom. The highest BCUT2D eigenvalue weighted by atomic mass is 32.1. The van der Waals surface area contributed by atoms with Gasteiger partial charge < -0.3 is 5.32 Å². The smallest absolute Gasteiger partial charge is 0.0390 e. The van der Waals surface area contributed by atoms with Gasteiger partial charge in [-0.2, -0.15) is 0 Å². The van der Waals surface area contributed by atoms with E-state index in [9.17, 15) is 0 Å². The first-order valence-electron chi connectivity index (χ1n) is 7.47. The molecule has 3 aromatic rings. The van der Waals surface area contributed by atoms with Crippen LogP contribution in [0, 0.1) is 6.92 Å². The number of nitrogens with one attached hydrogen (secondary N) is 1. The second-order valence-electron chi connectivity index (χ2n) is 5.49. The molecule has 1 heterocycles. The van der Waals surface area contributed by atoms with Crippen LogP contribution in [0.1, 0.15) is 29.2 Å². The standard InChI is InChI=1S/C19H21NS/c1-14-6-3-4-7-15(14)10-11-18(20-2)17-9-5-8-16-12-13-21-19(16)17/h3-9,12-13,18,20H,10-11H2,1-2H3. The largest absolute Gasteiger partial charge is 0.313 e. The van der Waals surface area contributed by atoms with E-state index >= 15 is 0 Å². The van der Waals surface area contributed by atoms with E-state index in [1.807, 2.05) is 11.3 Å². The van der Waals surface area contributed by atoms with Crippen LogP contribution in [0.5, 0.6) is 0 Å². The van der Waals surface area contributed by atoms with Crippen molar-refractivity contribution in [3.05, 3.63) is 70.6 Å². The molecule has 3 rings (SSSR count). The predicted octanol–water partition coefficient (Wildman–Crippen LogP) is 5.10. The molecule has 108 valence electrons. The summed E-state index contributed by atoms with van der Waals surface area (Å²) < 4.78 is 1.42. The van der Waals surface area contributed by atoms with E-state index in [0.717, 1.165) is 12.8 Å². The number of rotatable bonds is 5. The van der Waals surface area contributed by atoms with Crippen molar-refractivity contribution in [3.63, 3.8) is 0 Å². The molecule has 0 saturated carbocycles. The fourth-order valence-corrected chi connectivity index (χ4v) is 3.91. The molecule has 1 unspecified atom stereocenters. The van der Waals surface area contributed by atoms with Crippen molar-refractivity contribution >= 4 is 21.4 Å². The maximum absolute atomic E-state index is 3.50. The Kier molecular flexibility index (Phi) is 4.37. The molecule has 2 aromatic carbocycles. The van der Waals surface area contributed by atoms with Crippen molar-refractivity contribution in [2.24, 2.45) is 0 Å². The predicted molar refractivity (Wildman–Crippen MR) is 93.1 cm³/mol. The van der Waals surface area contributed by atoms with Gasteiger partial charge >= 0.3 is 0 Å².